The molecule has 2 heterocycles. The quantitative estimate of drug-likeness (QED) is 0.708. The van der Waals surface area contributed by atoms with Crippen LogP contribution in [0.4, 0.5) is 4.79 Å². The number of ether oxygens (including phenoxy) is 1. The first-order valence-electron chi connectivity index (χ1n) is 9.35. The van der Waals surface area contributed by atoms with Gasteiger partial charge in [0.2, 0.25) is 0 Å². The van der Waals surface area contributed by atoms with Gasteiger partial charge in [0.1, 0.15) is 11.3 Å². The standard InChI is InChI=1S/C20H27N5O4/c1-20(2,3)29-19(28)25(14-15-7-5-10-21-13-15)12-6-11-22-18(27)16-8-9-17(26)24(4)23-16/h5,7-10,13H,6,11-12,14H2,1-4H3,(H,22,27). The molecule has 9 heteroatoms. The zero-order valence-electron chi connectivity index (χ0n) is 17.2. The van der Waals surface area contributed by atoms with Gasteiger partial charge in [0.25, 0.3) is 11.5 Å². The molecule has 9 nitrogen and oxygen atoms in total. The van der Waals surface area contributed by atoms with E-state index in [4.69, 9.17) is 4.74 Å². The molecule has 0 atom stereocenters. The number of hydrogen-bond acceptors (Lipinski definition) is 6. The van der Waals surface area contributed by atoms with E-state index in [-0.39, 0.29) is 17.2 Å². The average molecular weight is 401 g/mol. The van der Waals surface area contributed by atoms with Gasteiger partial charge in [-0.05, 0) is 44.9 Å². The van der Waals surface area contributed by atoms with Crippen molar-refractivity contribution in [3.05, 3.63) is 58.3 Å². The first-order valence-corrected chi connectivity index (χ1v) is 9.35. The Morgan fingerprint density at radius 1 is 1.24 bits per heavy atom. The summed E-state index contributed by atoms with van der Waals surface area (Å²) in [7, 11) is 1.48. The molecule has 0 aliphatic heterocycles. The predicted molar refractivity (Wildman–Crippen MR) is 107 cm³/mol. The van der Waals surface area contributed by atoms with Gasteiger partial charge in [-0.15, -0.1) is 0 Å². The predicted octanol–water partition coefficient (Wildman–Crippen LogP) is 1.73. The number of amides is 2. The van der Waals surface area contributed by atoms with Crippen molar-refractivity contribution >= 4 is 12.0 Å². The third kappa shape index (κ3) is 7.36. The van der Waals surface area contributed by atoms with E-state index >= 15 is 0 Å². The minimum atomic E-state index is -0.604. The number of pyridine rings is 1. The summed E-state index contributed by atoms with van der Waals surface area (Å²) in [4.78, 5) is 41.7. The molecule has 0 spiro atoms. The lowest BCUT2D eigenvalue weighted by Gasteiger charge is -2.27. The van der Waals surface area contributed by atoms with Gasteiger partial charge >= 0.3 is 6.09 Å². The Balaban J connectivity index is 1.92. The second-order valence-electron chi connectivity index (χ2n) is 7.55. The Bertz CT molecular complexity index is 890. The number of nitrogens with one attached hydrogen (secondary N) is 1. The zero-order chi connectivity index (χ0) is 21.4. The van der Waals surface area contributed by atoms with Crippen LogP contribution in [0.2, 0.25) is 0 Å². The number of hydrogen-bond donors (Lipinski definition) is 1. The first-order chi connectivity index (χ1) is 13.7. The van der Waals surface area contributed by atoms with E-state index in [1.807, 2.05) is 32.9 Å². The number of aryl methyl sites for hydroxylation is 1. The molecule has 2 amide bonds. The Morgan fingerprint density at radius 3 is 2.62 bits per heavy atom. The maximum Gasteiger partial charge on any atom is 0.410 e. The van der Waals surface area contributed by atoms with E-state index < -0.39 is 11.7 Å². The minimum absolute atomic E-state index is 0.159. The number of aromatic nitrogens is 3. The average Bonchev–Trinajstić information content (AvgIpc) is 2.65. The van der Waals surface area contributed by atoms with E-state index in [0.717, 1.165) is 10.2 Å². The molecular weight excluding hydrogens is 374 g/mol. The van der Waals surface area contributed by atoms with Gasteiger partial charge in [-0.25, -0.2) is 9.48 Å². The fraction of sp³-hybridized carbons (Fsp3) is 0.450. The highest BCUT2D eigenvalue weighted by Gasteiger charge is 2.22. The highest BCUT2D eigenvalue weighted by Crippen LogP contribution is 2.12. The highest BCUT2D eigenvalue weighted by atomic mass is 16.6. The van der Waals surface area contributed by atoms with Crippen LogP contribution in [0.3, 0.4) is 0 Å². The van der Waals surface area contributed by atoms with Crippen molar-refractivity contribution in [3.63, 3.8) is 0 Å². The van der Waals surface area contributed by atoms with E-state index in [0.29, 0.717) is 26.1 Å². The molecule has 2 aromatic heterocycles. The van der Waals surface area contributed by atoms with Crippen molar-refractivity contribution in [2.75, 3.05) is 13.1 Å². The van der Waals surface area contributed by atoms with Crippen LogP contribution in [-0.2, 0) is 18.3 Å². The van der Waals surface area contributed by atoms with E-state index in [9.17, 15) is 14.4 Å². The number of carbonyl (C=O) groups excluding carboxylic acids is 2. The normalized spacial score (nSPS) is 11.0. The topological polar surface area (TPSA) is 106 Å². The van der Waals surface area contributed by atoms with Crippen LogP contribution < -0.4 is 10.9 Å². The van der Waals surface area contributed by atoms with Crippen LogP contribution in [0.25, 0.3) is 0 Å². The molecule has 0 saturated heterocycles. The summed E-state index contributed by atoms with van der Waals surface area (Å²) < 4.78 is 6.59. The molecule has 0 bridgehead atoms. The summed E-state index contributed by atoms with van der Waals surface area (Å²) in [5.74, 6) is -0.378. The van der Waals surface area contributed by atoms with Crippen molar-refractivity contribution in [2.45, 2.75) is 39.3 Å². The molecule has 0 aromatic carbocycles. The highest BCUT2D eigenvalue weighted by molar-refractivity contribution is 5.91. The van der Waals surface area contributed by atoms with Crippen molar-refractivity contribution in [3.8, 4) is 0 Å². The molecule has 156 valence electrons. The minimum Gasteiger partial charge on any atom is -0.444 e. The Labute approximate surface area is 169 Å². The second-order valence-corrected chi connectivity index (χ2v) is 7.55. The molecular formula is C20H27N5O4. The van der Waals surface area contributed by atoms with E-state index in [2.05, 4.69) is 15.4 Å². The lowest BCUT2D eigenvalue weighted by Crippen LogP contribution is -2.38. The Kier molecular flexibility index (Phi) is 7.46. The third-order valence-corrected chi connectivity index (χ3v) is 3.83. The molecule has 2 aromatic rings. The van der Waals surface area contributed by atoms with Crippen molar-refractivity contribution in [1.82, 2.24) is 25.0 Å². The van der Waals surface area contributed by atoms with Crippen molar-refractivity contribution in [1.29, 1.82) is 0 Å². The summed E-state index contributed by atoms with van der Waals surface area (Å²) >= 11 is 0. The molecule has 2 rings (SSSR count). The molecule has 0 unspecified atom stereocenters. The first kappa shape index (κ1) is 22.1. The van der Waals surface area contributed by atoms with Crippen LogP contribution >= 0.6 is 0 Å². The van der Waals surface area contributed by atoms with Gasteiger partial charge in [-0.2, -0.15) is 5.10 Å². The molecule has 1 N–H and O–H groups in total. The Morgan fingerprint density at radius 2 is 2.00 bits per heavy atom. The van der Waals surface area contributed by atoms with Gasteiger partial charge in [0, 0.05) is 38.6 Å². The maximum atomic E-state index is 12.5. The van der Waals surface area contributed by atoms with Gasteiger partial charge in [-0.1, -0.05) is 6.07 Å². The van der Waals surface area contributed by atoms with Crippen molar-refractivity contribution < 1.29 is 14.3 Å². The third-order valence-electron chi connectivity index (χ3n) is 3.83. The smallest absolute Gasteiger partial charge is 0.410 e. The van der Waals surface area contributed by atoms with Crippen LogP contribution in [-0.4, -0.2) is 50.4 Å². The summed E-state index contributed by atoms with van der Waals surface area (Å²) in [5.41, 5.74) is 0.154. The molecule has 0 radical (unpaired) electrons. The molecule has 0 saturated carbocycles. The number of carbonyl (C=O) groups is 2. The monoisotopic (exact) mass is 401 g/mol. The van der Waals surface area contributed by atoms with Gasteiger partial charge in [0.05, 0.1) is 6.54 Å². The molecule has 0 aliphatic rings. The van der Waals surface area contributed by atoms with E-state index in [1.54, 1.807) is 17.3 Å². The summed E-state index contributed by atoms with van der Waals surface area (Å²) in [6.45, 7) is 6.54. The van der Waals surface area contributed by atoms with Gasteiger partial charge in [-0.3, -0.25) is 14.6 Å². The van der Waals surface area contributed by atoms with Crippen LogP contribution in [0.1, 0.15) is 43.2 Å². The fourth-order valence-electron chi connectivity index (χ4n) is 2.46. The largest absolute Gasteiger partial charge is 0.444 e. The van der Waals surface area contributed by atoms with Crippen LogP contribution in [0.15, 0.2) is 41.5 Å². The molecule has 0 aliphatic carbocycles. The van der Waals surface area contributed by atoms with Crippen molar-refractivity contribution in [2.24, 2.45) is 7.05 Å². The van der Waals surface area contributed by atoms with E-state index in [1.165, 1.54) is 19.2 Å². The zero-order valence-corrected chi connectivity index (χ0v) is 17.2. The molecule has 0 fully saturated rings. The Hall–Kier alpha value is -3.23. The number of nitrogens with zero attached hydrogens (tertiary/aromatic N) is 4. The van der Waals surface area contributed by atoms with Crippen LogP contribution in [0, 0.1) is 0 Å². The summed E-state index contributed by atoms with van der Waals surface area (Å²) in [5, 5.41) is 6.66. The fourth-order valence-corrected chi connectivity index (χ4v) is 2.46. The lowest BCUT2D eigenvalue weighted by molar-refractivity contribution is 0.0232. The number of rotatable bonds is 7. The molecule has 29 heavy (non-hydrogen) atoms. The maximum absolute atomic E-state index is 12.5. The SMILES string of the molecule is Cn1nc(C(=O)NCCCN(Cc2cccnc2)C(=O)OC(C)(C)C)ccc1=O. The van der Waals surface area contributed by atoms with Gasteiger partial charge in [0.15, 0.2) is 0 Å². The summed E-state index contributed by atoms with van der Waals surface area (Å²) in [6, 6.07) is 6.37. The summed E-state index contributed by atoms with van der Waals surface area (Å²) in [6.07, 6.45) is 3.47. The van der Waals surface area contributed by atoms with Gasteiger partial charge < -0.3 is 15.0 Å². The van der Waals surface area contributed by atoms with Crippen LogP contribution in [0.5, 0.6) is 0 Å². The second kappa shape index (κ2) is 9.81. The lowest BCUT2D eigenvalue weighted by atomic mass is 10.2.